The summed E-state index contributed by atoms with van der Waals surface area (Å²) >= 11 is 2.36. The van der Waals surface area contributed by atoms with Crippen LogP contribution in [-0.4, -0.2) is 40.5 Å². The summed E-state index contributed by atoms with van der Waals surface area (Å²) < 4.78 is 84.7. The largest absolute Gasteiger partial charge is 0.433 e. The summed E-state index contributed by atoms with van der Waals surface area (Å²) in [6.07, 6.45) is -8.01. The molecule has 16 heteroatoms. The zero-order chi connectivity index (χ0) is 27.3. The van der Waals surface area contributed by atoms with Crippen molar-refractivity contribution in [1.82, 2.24) is 34.3 Å². The van der Waals surface area contributed by atoms with E-state index < -0.39 is 30.1 Å². The number of thiophene rings is 2. The Hall–Kier alpha value is -3.79. The Bertz CT molecular complexity index is 1880. The van der Waals surface area contributed by atoms with Crippen LogP contribution >= 0.6 is 22.7 Å². The number of nitrogens with one attached hydrogen (secondary N) is 1. The van der Waals surface area contributed by atoms with E-state index >= 15 is 0 Å². The second-order valence-corrected chi connectivity index (χ2v) is 11.1. The van der Waals surface area contributed by atoms with Crippen LogP contribution in [0.25, 0.3) is 37.6 Å². The highest BCUT2D eigenvalue weighted by molar-refractivity contribution is 7.26. The van der Waals surface area contributed by atoms with Crippen molar-refractivity contribution in [2.45, 2.75) is 37.8 Å². The lowest BCUT2D eigenvalue weighted by Crippen LogP contribution is -2.35. The summed E-state index contributed by atoms with van der Waals surface area (Å²) in [5.41, 5.74) is 0.177. The second-order valence-electron chi connectivity index (χ2n) is 9.10. The van der Waals surface area contributed by atoms with Crippen LogP contribution in [0.15, 0.2) is 36.0 Å². The topological polar surface area (TPSA) is 85.8 Å². The molecule has 200 valence electrons. The first-order valence-corrected chi connectivity index (χ1v) is 13.2. The zero-order valence-electron chi connectivity index (χ0n) is 19.5. The fourth-order valence-electron chi connectivity index (χ4n) is 4.82. The molecule has 39 heavy (non-hydrogen) atoms. The maximum absolute atomic E-state index is 14.0. The number of hydrogen-bond donors (Lipinski definition) is 1. The van der Waals surface area contributed by atoms with Crippen LogP contribution < -0.4 is 5.32 Å². The molecule has 2 atom stereocenters. The van der Waals surface area contributed by atoms with Crippen molar-refractivity contribution in [3.05, 3.63) is 52.1 Å². The number of rotatable bonds is 2. The number of alkyl halides is 6. The average molecular weight is 581 g/mol. The van der Waals surface area contributed by atoms with Gasteiger partial charge in [-0.1, -0.05) is 6.07 Å². The molecule has 0 aliphatic carbocycles. The first-order valence-electron chi connectivity index (χ1n) is 11.5. The van der Waals surface area contributed by atoms with Gasteiger partial charge in [-0.25, -0.2) is 24.1 Å². The Balaban J connectivity index is 1.35. The smallest absolute Gasteiger partial charge is 0.363 e. The molecule has 1 aliphatic heterocycles. The van der Waals surface area contributed by atoms with Gasteiger partial charge in [-0.15, -0.1) is 27.8 Å². The quantitative estimate of drug-likeness (QED) is 0.227. The van der Waals surface area contributed by atoms with Gasteiger partial charge in [-0.05, 0) is 30.0 Å². The standard InChI is InChI=1S/C23H14F6N8S2/c1-9-5-13(22(24,25)26)32-21-16(9)17-18(39-21)20-33-19(35-36(20)8-30-17)11-7-15-31-10(12-3-2-4-38-12)6-14(23(27,28)29)37(15)34-11/h2-5,7-8,10,14,31H,6H2,1H3. The van der Waals surface area contributed by atoms with Crippen molar-refractivity contribution >= 4 is 54.6 Å². The minimum Gasteiger partial charge on any atom is -0.363 e. The molecule has 0 saturated heterocycles. The average Bonchev–Trinajstić information content (AvgIpc) is 3.65. The minimum atomic E-state index is -4.61. The summed E-state index contributed by atoms with van der Waals surface area (Å²) in [5, 5.41) is 14.0. The number of anilines is 1. The molecule has 0 saturated carbocycles. The minimum absolute atomic E-state index is 0.0553. The Kier molecular flexibility index (Phi) is 5.05. The fourth-order valence-corrected chi connectivity index (χ4v) is 6.79. The van der Waals surface area contributed by atoms with Gasteiger partial charge in [0.2, 0.25) is 5.82 Å². The molecule has 0 bridgehead atoms. The van der Waals surface area contributed by atoms with Gasteiger partial charge in [0.15, 0.2) is 11.7 Å². The van der Waals surface area contributed by atoms with E-state index in [1.807, 2.05) is 0 Å². The summed E-state index contributed by atoms with van der Waals surface area (Å²) in [6.45, 7) is 1.55. The lowest BCUT2D eigenvalue weighted by Gasteiger charge is -2.32. The fraction of sp³-hybridized carbons (Fsp3) is 0.261. The molecule has 0 radical (unpaired) electrons. The van der Waals surface area contributed by atoms with E-state index in [-0.39, 0.29) is 34.2 Å². The summed E-state index contributed by atoms with van der Waals surface area (Å²) in [6, 6.07) is 3.61. The molecule has 0 spiro atoms. The van der Waals surface area contributed by atoms with Gasteiger partial charge >= 0.3 is 12.4 Å². The monoisotopic (exact) mass is 580 g/mol. The van der Waals surface area contributed by atoms with Gasteiger partial charge in [0.25, 0.3) is 0 Å². The number of fused-ring (bicyclic) bond motifs is 6. The molecule has 8 nitrogen and oxygen atoms in total. The Morgan fingerprint density at radius 2 is 1.90 bits per heavy atom. The Morgan fingerprint density at radius 1 is 1.08 bits per heavy atom. The highest BCUT2D eigenvalue weighted by Gasteiger charge is 2.47. The van der Waals surface area contributed by atoms with E-state index in [0.29, 0.717) is 21.2 Å². The van der Waals surface area contributed by atoms with Crippen LogP contribution in [-0.2, 0) is 6.18 Å². The van der Waals surface area contributed by atoms with Gasteiger partial charge in [-0.2, -0.15) is 31.4 Å². The SMILES string of the molecule is Cc1cc(C(F)(F)F)nc2sc3c(ncn4nc(-c5cc6n(n5)C(C(F)(F)F)CC(c5cccs5)N6)nc34)c12. The van der Waals surface area contributed by atoms with Crippen LogP contribution in [0.5, 0.6) is 0 Å². The maximum Gasteiger partial charge on any atom is 0.433 e. The molecule has 7 heterocycles. The molecule has 1 aliphatic rings. The normalized spacial score (nSPS) is 18.2. The van der Waals surface area contributed by atoms with Crippen molar-refractivity contribution in [3.8, 4) is 11.5 Å². The van der Waals surface area contributed by atoms with E-state index in [1.54, 1.807) is 24.4 Å². The lowest BCUT2D eigenvalue weighted by atomic mass is 10.0. The first-order chi connectivity index (χ1) is 18.5. The van der Waals surface area contributed by atoms with Crippen LogP contribution in [0.1, 0.15) is 34.6 Å². The predicted molar refractivity (Wildman–Crippen MR) is 133 cm³/mol. The molecular weight excluding hydrogens is 566 g/mol. The predicted octanol–water partition coefficient (Wildman–Crippen LogP) is 6.80. The van der Waals surface area contributed by atoms with E-state index in [0.717, 1.165) is 27.0 Å². The highest BCUT2D eigenvalue weighted by Crippen LogP contribution is 2.45. The number of halogens is 6. The summed E-state index contributed by atoms with van der Waals surface area (Å²) in [5.74, 6) is 0.236. The van der Waals surface area contributed by atoms with E-state index in [1.165, 1.54) is 28.2 Å². The van der Waals surface area contributed by atoms with Crippen molar-refractivity contribution in [2.24, 2.45) is 0 Å². The van der Waals surface area contributed by atoms with E-state index in [9.17, 15) is 26.3 Å². The first kappa shape index (κ1) is 24.3. The molecule has 6 aromatic heterocycles. The number of nitrogens with zero attached hydrogens (tertiary/aromatic N) is 7. The van der Waals surface area contributed by atoms with Crippen LogP contribution in [0.3, 0.4) is 0 Å². The third kappa shape index (κ3) is 3.83. The number of aromatic nitrogens is 7. The molecular formula is C23H14F6N8S2. The third-order valence-corrected chi connectivity index (χ3v) is 8.62. The lowest BCUT2D eigenvalue weighted by molar-refractivity contribution is -0.173. The second kappa shape index (κ2) is 8.11. The number of hydrogen-bond acceptors (Lipinski definition) is 8. The summed E-state index contributed by atoms with van der Waals surface area (Å²) in [7, 11) is 0. The van der Waals surface area contributed by atoms with E-state index in [4.69, 9.17) is 0 Å². The van der Waals surface area contributed by atoms with Crippen molar-refractivity contribution in [2.75, 3.05) is 5.32 Å². The molecule has 0 aromatic carbocycles. The zero-order valence-corrected chi connectivity index (χ0v) is 21.2. The Morgan fingerprint density at radius 3 is 2.62 bits per heavy atom. The molecule has 0 amide bonds. The van der Waals surface area contributed by atoms with Gasteiger partial charge in [0.1, 0.15) is 33.1 Å². The van der Waals surface area contributed by atoms with Crippen LogP contribution in [0.2, 0.25) is 0 Å². The maximum atomic E-state index is 14.0. The van der Waals surface area contributed by atoms with Crippen LogP contribution in [0, 0.1) is 6.92 Å². The molecule has 7 rings (SSSR count). The van der Waals surface area contributed by atoms with Crippen LogP contribution in [0.4, 0.5) is 32.2 Å². The number of pyridine rings is 1. The van der Waals surface area contributed by atoms with Gasteiger partial charge < -0.3 is 5.32 Å². The van der Waals surface area contributed by atoms with Crippen molar-refractivity contribution in [3.63, 3.8) is 0 Å². The van der Waals surface area contributed by atoms with Crippen molar-refractivity contribution in [1.29, 1.82) is 0 Å². The van der Waals surface area contributed by atoms with Gasteiger partial charge in [-0.3, -0.25) is 0 Å². The highest BCUT2D eigenvalue weighted by atomic mass is 32.1. The third-order valence-electron chi connectivity index (χ3n) is 6.56. The molecule has 6 aromatic rings. The summed E-state index contributed by atoms with van der Waals surface area (Å²) in [4.78, 5) is 13.6. The van der Waals surface area contributed by atoms with Crippen molar-refractivity contribution < 1.29 is 26.3 Å². The van der Waals surface area contributed by atoms with Gasteiger partial charge in [0, 0.05) is 22.8 Å². The molecule has 2 unspecified atom stereocenters. The van der Waals surface area contributed by atoms with E-state index in [2.05, 4.69) is 30.5 Å². The van der Waals surface area contributed by atoms with Gasteiger partial charge in [0.05, 0.1) is 11.6 Å². The molecule has 0 fully saturated rings. The Labute approximate surface area is 221 Å². The molecule has 1 N–H and O–H groups in total. The number of aryl methyl sites for hydroxylation is 1.